The van der Waals surface area contributed by atoms with Gasteiger partial charge in [0.25, 0.3) is 0 Å². The molecule has 1 aliphatic heterocycles. The van der Waals surface area contributed by atoms with E-state index in [-0.39, 0.29) is 0 Å². The van der Waals surface area contributed by atoms with Gasteiger partial charge in [-0.05, 0) is 0 Å². The summed E-state index contributed by atoms with van der Waals surface area (Å²) in [5, 5.41) is 0. The summed E-state index contributed by atoms with van der Waals surface area (Å²) in [6, 6.07) is 29.4. The monoisotopic (exact) mass is 407 g/mol. The van der Waals surface area contributed by atoms with E-state index in [1.165, 1.54) is 11.1 Å². The molecule has 1 nitrogen and oxygen atoms in total. The Kier molecular flexibility index (Phi) is 4.25. The zero-order valence-electron chi connectivity index (χ0n) is 13.3. The van der Waals surface area contributed by atoms with E-state index in [0.717, 1.165) is 13.1 Å². The number of fused-ring (bicyclic) bond motifs is 2. The van der Waals surface area contributed by atoms with Gasteiger partial charge in [0, 0.05) is 0 Å². The van der Waals surface area contributed by atoms with Gasteiger partial charge in [0.1, 0.15) is 0 Å². The van der Waals surface area contributed by atoms with Crippen molar-refractivity contribution in [3.63, 3.8) is 0 Å². The molecule has 114 valence electrons. The molecule has 0 saturated heterocycles. The minimum absolute atomic E-state index is 1.04. The Morgan fingerprint density at radius 1 is 0.652 bits per heavy atom. The second-order valence-corrected chi connectivity index (χ2v) is 12.2. The van der Waals surface area contributed by atoms with Crippen LogP contribution in [0.25, 0.3) is 0 Å². The molecule has 0 N–H and O–H groups in total. The Balaban J connectivity index is 1.98. The molecule has 0 amide bonds. The molecule has 0 aromatic heterocycles. The van der Waals surface area contributed by atoms with E-state index in [0.29, 0.717) is 0 Å². The SMILES string of the molecule is CN1Cc2cccc[c]2[Sb]([c]2ccccc2)[c]2ccccc2C1. The summed E-state index contributed by atoms with van der Waals surface area (Å²) < 4.78 is 4.78. The van der Waals surface area contributed by atoms with Crippen LogP contribution in [0.1, 0.15) is 11.1 Å². The molecule has 1 heterocycles. The first-order valence-corrected chi connectivity index (χ1v) is 11.9. The van der Waals surface area contributed by atoms with Crippen molar-refractivity contribution in [3.8, 4) is 0 Å². The predicted octanol–water partition coefficient (Wildman–Crippen LogP) is 2.15. The van der Waals surface area contributed by atoms with E-state index in [9.17, 15) is 0 Å². The molecule has 3 aromatic carbocycles. The molecule has 0 unspecified atom stereocenters. The van der Waals surface area contributed by atoms with E-state index >= 15 is 0 Å². The van der Waals surface area contributed by atoms with Crippen LogP contribution in [0.5, 0.6) is 0 Å². The summed E-state index contributed by atoms with van der Waals surface area (Å²) in [5.41, 5.74) is 3.02. The van der Waals surface area contributed by atoms with Crippen molar-refractivity contribution < 1.29 is 0 Å². The van der Waals surface area contributed by atoms with Crippen LogP contribution in [-0.2, 0) is 13.1 Å². The Morgan fingerprint density at radius 3 is 1.70 bits per heavy atom. The summed E-state index contributed by atoms with van der Waals surface area (Å²) in [5.74, 6) is 0. The molecule has 4 rings (SSSR count). The predicted molar refractivity (Wildman–Crippen MR) is 99.2 cm³/mol. The van der Waals surface area contributed by atoms with Gasteiger partial charge < -0.3 is 0 Å². The molecule has 23 heavy (non-hydrogen) atoms. The van der Waals surface area contributed by atoms with Crippen molar-refractivity contribution in [2.24, 2.45) is 0 Å². The van der Waals surface area contributed by atoms with E-state index < -0.39 is 20.2 Å². The van der Waals surface area contributed by atoms with Crippen LogP contribution in [-0.4, -0.2) is 32.2 Å². The molecular formula is C21H20NSb. The van der Waals surface area contributed by atoms with E-state index in [1.807, 2.05) is 0 Å². The number of nitrogens with zero attached hydrogens (tertiary/aromatic N) is 1. The second kappa shape index (κ2) is 6.51. The summed E-state index contributed by atoms with van der Waals surface area (Å²) in [7, 11) is 2.23. The molecule has 0 aliphatic carbocycles. The molecule has 2 heteroatoms. The van der Waals surface area contributed by atoms with Gasteiger partial charge in [0.15, 0.2) is 0 Å². The summed E-state index contributed by atoms with van der Waals surface area (Å²) in [6.45, 7) is 2.08. The van der Waals surface area contributed by atoms with Gasteiger partial charge in [0.05, 0.1) is 0 Å². The van der Waals surface area contributed by atoms with Crippen LogP contribution in [0.15, 0.2) is 78.9 Å². The molecule has 0 fully saturated rings. The van der Waals surface area contributed by atoms with E-state index in [1.54, 1.807) is 10.5 Å². The fourth-order valence-corrected chi connectivity index (χ4v) is 10.8. The molecule has 0 spiro atoms. The molecular weight excluding hydrogens is 388 g/mol. The van der Waals surface area contributed by atoms with Crippen molar-refractivity contribution in [2.75, 3.05) is 7.05 Å². The zero-order chi connectivity index (χ0) is 15.6. The van der Waals surface area contributed by atoms with Crippen LogP contribution in [0.4, 0.5) is 0 Å². The summed E-state index contributed by atoms with van der Waals surface area (Å²) in [4.78, 5) is 2.43. The third-order valence-corrected chi connectivity index (χ3v) is 11.9. The van der Waals surface area contributed by atoms with Crippen molar-refractivity contribution >= 4 is 30.7 Å². The van der Waals surface area contributed by atoms with Crippen LogP contribution in [0.2, 0.25) is 0 Å². The fraction of sp³-hybridized carbons (Fsp3) is 0.143. The standard InChI is InChI=1S/C15H15N.C6H5.Sb/c1-16(12-14-8-4-2-5-9-14)13-15-10-6-3-7-11-15;1-2-4-6-5-3-1;/h2-8,10H,12-13H2,1H3;1-5H;. The van der Waals surface area contributed by atoms with Gasteiger partial charge >= 0.3 is 146 Å². The van der Waals surface area contributed by atoms with Crippen LogP contribution < -0.4 is 10.5 Å². The molecule has 0 saturated carbocycles. The summed E-state index contributed by atoms with van der Waals surface area (Å²) in [6.07, 6.45) is 0. The number of benzene rings is 3. The maximum atomic E-state index is 2.43. The normalized spacial score (nSPS) is 15.3. The molecule has 0 radical (unpaired) electrons. The Labute approximate surface area is 145 Å². The molecule has 0 atom stereocenters. The summed E-state index contributed by atoms with van der Waals surface area (Å²) >= 11 is -1.96. The second-order valence-electron chi connectivity index (χ2n) is 6.10. The molecule has 0 bridgehead atoms. The number of rotatable bonds is 1. The quantitative estimate of drug-likeness (QED) is 0.558. The van der Waals surface area contributed by atoms with Crippen LogP contribution in [0, 0.1) is 0 Å². The minimum atomic E-state index is -1.96. The van der Waals surface area contributed by atoms with Gasteiger partial charge in [-0.25, -0.2) is 0 Å². The number of hydrogen-bond acceptors (Lipinski definition) is 1. The van der Waals surface area contributed by atoms with Crippen molar-refractivity contribution in [1.82, 2.24) is 4.90 Å². The van der Waals surface area contributed by atoms with E-state index in [2.05, 4.69) is 90.8 Å². The fourth-order valence-electron chi connectivity index (χ4n) is 3.35. The Morgan fingerprint density at radius 2 is 1.13 bits per heavy atom. The Hall–Kier alpha value is -1.56. The first-order valence-electron chi connectivity index (χ1n) is 8.02. The maximum absolute atomic E-state index is 2.43. The first kappa shape index (κ1) is 15.0. The van der Waals surface area contributed by atoms with Crippen molar-refractivity contribution in [1.29, 1.82) is 0 Å². The first-order chi connectivity index (χ1) is 11.3. The van der Waals surface area contributed by atoms with Crippen molar-refractivity contribution in [2.45, 2.75) is 13.1 Å². The van der Waals surface area contributed by atoms with Gasteiger partial charge in [-0.3, -0.25) is 0 Å². The van der Waals surface area contributed by atoms with Gasteiger partial charge in [-0.1, -0.05) is 0 Å². The Bertz CT molecular complexity index is 763. The third-order valence-electron chi connectivity index (χ3n) is 4.36. The average Bonchev–Trinajstić information content (AvgIpc) is 2.57. The third kappa shape index (κ3) is 2.96. The van der Waals surface area contributed by atoms with Crippen LogP contribution in [0.3, 0.4) is 0 Å². The zero-order valence-corrected chi connectivity index (χ0v) is 15.9. The molecule has 1 aliphatic rings. The molecule has 3 aromatic rings. The van der Waals surface area contributed by atoms with Gasteiger partial charge in [0.2, 0.25) is 0 Å². The van der Waals surface area contributed by atoms with Crippen LogP contribution >= 0.6 is 0 Å². The van der Waals surface area contributed by atoms with Crippen molar-refractivity contribution in [3.05, 3.63) is 90.0 Å². The number of hydrogen-bond donors (Lipinski definition) is 0. The average molecular weight is 408 g/mol. The van der Waals surface area contributed by atoms with E-state index in [4.69, 9.17) is 0 Å². The topological polar surface area (TPSA) is 3.24 Å². The van der Waals surface area contributed by atoms with Gasteiger partial charge in [-0.2, -0.15) is 0 Å². The van der Waals surface area contributed by atoms with Gasteiger partial charge in [-0.15, -0.1) is 0 Å².